The van der Waals surface area contributed by atoms with E-state index in [1.165, 1.54) is 11.3 Å². The molecule has 0 aliphatic rings. The Morgan fingerprint density at radius 2 is 2.22 bits per heavy atom. The first-order valence-corrected chi connectivity index (χ1v) is 6.95. The summed E-state index contributed by atoms with van der Waals surface area (Å²) in [7, 11) is 1.60. The van der Waals surface area contributed by atoms with E-state index in [2.05, 4.69) is 0 Å². The van der Waals surface area contributed by atoms with E-state index in [0.29, 0.717) is 26.3 Å². The van der Waals surface area contributed by atoms with E-state index in [0.717, 1.165) is 9.21 Å². The lowest BCUT2D eigenvalue weighted by atomic mass is 10.4. The number of ether oxygens (including phenoxy) is 2. The van der Waals surface area contributed by atoms with E-state index in [1.54, 1.807) is 12.0 Å². The smallest absolute Gasteiger partial charge is 0.248 e. The van der Waals surface area contributed by atoms with Crippen LogP contribution < -0.4 is 0 Å². The molecule has 0 aliphatic heterocycles. The number of nitrogens with zero attached hydrogens (tertiary/aromatic N) is 1. The second-order valence-corrected chi connectivity index (χ2v) is 5.46. The highest BCUT2D eigenvalue weighted by Crippen LogP contribution is 2.22. The summed E-state index contributed by atoms with van der Waals surface area (Å²) >= 11 is 7.35. The number of rotatable bonds is 8. The van der Waals surface area contributed by atoms with Crippen molar-refractivity contribution in [2.45, 2.75) is 13.5 Å². The van der Waals surface area contributed by atoms with Crippen molar-refractivity contribution >= 4 is 28.8 Å². The maximum atomic E-state index is 11.9. The predicted molar refractivity (Wildman–Crippen MR) is 73.1 cm³/mol. The standard InChI is InChI=1S/C12H18ClNO3S/c1-3-14(8-10-4-5-11(13)18-10)12(15)9-17-7-6-16-2/h4-5H,3,6-9H2,1-2H3. The molecule has 1 aromatic heterocycles. The third-order valence-corrected chi connectivity index (χ3v) is 3.58. The topological polar surface area (TPSA) is 38.8 Å². The first-order valence-electron chi connectivity index (χ1n) is 5.76. The minimum absolute atomic E-state index is 0.0156. The van der Waals surface area contributed by atoms with Crippen LogP contribution in [0.25, 0.3) is 0 Å². The highest BCUT2D eigenvalue weighted by molar-refractivity contribution is 7.16. The summed E-state index contributed by atoms with van der Waals surface area (Å²) in [5.41, 5.74) is 0. The maximum absolute atomic E-state index is 11.9. The molecule has 0 saturated carbocycles. The van der Waals surface area contributed by atoms with Gasteiger partial charge in [0.1, 0.15) is 6.61 Å². The molecule has 1 heterocycles. The summed E-state index contributed by atoms with van der Waals surface area (Å²) < 4.78 is 10.8. The number of methoxy groups -OCH3 is 1. The van der Waals surface area contributed by atoms with Crippen LogP contribution in [-0.2, 0) is 20.8 Å². The fraction of sp³-hybridized carbons (Fsp3) is 0.583. The summed E-state index contributed by atoms with van der Waals surface area (Å²) in [6.07, 6.45) is 0. The number of amides is 1. The van der Waals surface area contributed by atoms with Gasteiger partial charge in [0.15, 0.2) is 0 Å². The van der Waals surface area contributed by atoms with Crippen molar-refractivity contribution in [3.8, 4) is 0 Å². The third kappa shape index (κ3) is 5.35. The highest BCUT2D eigenvalue weighted by Gasteiger charge is 2.13. The summed E-state index contributed by atoms with van der Waals surface area (Å²) in [4.78, 5) is 14.7. The SMILES string of the molecule is CCN(Cc1ccc(Cl)s1)C(=O)COCCOC. The fourth-order valence-corrected chi connectivity index (χ4v) is 2.50. The zero-order chi connectivity index (χ0) is 13.4. The summed E-state index contributed by atoms with van der Waals surface area (Å²) in [5, 5.41) is 0. The van der Waals surface area contributed by atoms with Gasteiger partial charge in [-0.05, 0) is 19.1 Å². The molecule has 0 spiro atoms. The Morgan fingerprint density at radius 3 is 2.78 bits per heavy atom. The Balaban J connectivity index is 2.37. The van der Waals surface area contributed by atoms with Gasteiger partial charge < -0.3 is 14.4 Å². The third-order valence-electron chi connectivity index (χ3n) is 2.37. The second-order valence-electron chi connectivity index (χ2n) is 3.66. The number of halogens is 1. The molecule has 0 atom stereocenters. The molecule has 0 radical (unpaired) electrons. The van der Waals surface area contributed by atoms with Gasteiger partial charge in [0.05, 0.1) is 24.1 Å². The molecule has 102 valence electrons. The Labute approximate surface area is 116 Å². The van der Waals surface area contributed by atoms with Crippen LogP contribution in [0.2, 0.25) is 4.34 Å². The molecule has 0 aromatic carbocycles. The molecule has 18 heavy (non-hydrogen) atoms. The summed E-state index contributed by atoms with van der Waals surface area (Å²) in [6, 6.07) is 3.78. The van der Waals surface area contributed by atoms with E-state index in [1.807, 2.05) is 19.1 Å². The molecule has 0 aliphatic carbocycles. The van der Waals surface area contributed by atoms with Crippen LogP contribution in [0.3, 0.4) is 0 Å². The lowest BCUT2D eigenvalue weighted by Gasteiger charge is -2.20. The van der Waals surface area contributed by atoms with Crippen LogP contribution in [0.4, 0.5) is 0 Å². The van der Waals surface area contributed by atoms with E-state index in [4.69, 9.17) is 21.1 Å². The van der Waals surface area contributed by atoms with Gasteiger partial charge >= 0.3 is 0 Å². The lowest BCUT2D eigenvalue weighted by molar-refractivity contribution is -0.136. The number of hydrogen-bond acceptors (Lipinski definition) is 4. The average Bonchev–Trinajstić information content (AvgIpc) is 2.77. The second kappa shape index (κ2) is 8.48. The average molecular weight is 292 g/mol. The van der Waals surface area contributed by atoms with Gasteiger partial charge in [0.2, 0.25) is 5.91 Å². The normalized spacial score (nSPS) is 10.6. The molecule has 4 nitrogen and oxygen atoms in total. The van der Waals surface area contributed by atoms with Crippen LogP contribution in [0.5, 0.6) is 0 Å². The quantitative estimate of drug-likeness (QED) is 0.691. The molecule has 0 bridgehead atoms. The van der Waals surface area contributed by atoms with Crippen molar-refractivity contribution in [2.75, 3.05) is 33.5 Å². The first kappa shape index (κ1) is 15.4. The zero-order valence-electron chi connectivity index (χ0n) is 10.6. The van der Waals surface area contributed by atoms with Crippen molar-refractivity contribution < 1.29 is 14.3 Å². The van der Waals surface area contributed by atoms with Gasteiger partial charge in [-0.3, -0.25) is 4.79 Å². The predicted octanol–water partition coefficient (Wildman–Crippen LogP) is 2.41. The molecule has 1 rings (SSSR count). The van der Waals surface area contributed by atoms with Gasteiger partial charge in [0, 0.05) is 18.5 Å². The van der Waals surface area contributed by atoms with Crippen molar-refractivity contribution in [3.63, 3.8) is 0 Å². The fourth-order valence-electron chi connectivity index (χ4n) is 1.39. The van der Waals surface area contributed by atoms with E-state index in [-0.39, 0.29) is 12.5 Å². The van der Waals surface area contributed by atoms with Crippen LogP contribution in [0.15, 0.2) is 12.1 Å². The molecular weight excluding hydrogens is 274 g/mol. The zero-order valence-corrected chi connectivity index (χ0v) is 12.2. The van der Waals surface area contributed by atoms with Crippen molar-refractivity contribution in [2.24, 2.45) is 0 Å². The van der Waals surface area contributed by atoms with Crippen LogP contribution in [0, 0.1) is 0 Å². The van der Waals surface area contributed by atoms with Crippen molar-refractivity contribution in [1.82, 2.24) is 4.90 Å². The summed E-state index contributed by atoms with van der Waals surface area (Å²) in [6.45, 7) is 4.21. The van der Waals surface area contributed by atoms with Gasteiger partial charge in [-0.1, -0.05) is 11.6 Å². The monoisotopic (exact) mass is 291 g/mol. The Hall–Kier alpha value is -0.620. The lowest BCUT2D eigenvalue weighted by Crippen LogP contribution is -2.33. The molecule has 0 fully saturated rings. The van der Waals surface area contributed by atoms with E-state index < -0.39 is 0 Å². The molecular formula is C12H18ClNO3S. The van der Waals surface area contributed by atoms with Crippen LogP contribution in [-0.4, -0.2) is 44.3 Å². The Bertz CT molecular complexity index is 370. The van der Waals surface area contributed by atoms with Crippen molar-refractivity contribution in [3.05, 3.63) is 21.3 Å². The van der Waals surface area contributed by atoms with Gasteiger partial charge in [-0.2, -0.15) is 0 Å². The summed E-state index contributed by atoms with van der Waals surface area (Å²) in [5.74, 6) is -0.0156. The molecule has 0 N–H and O–H groups in total. The van der Waals surface area contributed by atoms with Gasteiger partial charge in [-0.25, -0.2) is 0 Å². The number of carbonyl (C=O) groups is 1. The molecule has 1 amide bonds. The highest BCUT2D eigenvalue weighted by atomic mass is 35.5. The number of carbonyl (C=O) groups excluding carboxylic acids is 1. The van der Waals surface area contributed by atoms with Crippen LogP contribution >= 0.6 is 22.9 Å². The number of thiophene rings is 1. The minimum Gasteiger partial charge on any atom is -0.382 e. The van der Waals surface area contributed by atoms with Crippen molar-refractivity contribution in [1.29, 1.82) is 0 Å². The molecule has 6 heteroatoms. The van der Waals surface area contributed by atoms with Gasteiger partial charge in [-0.15, -0.1) is 11.3 Å². The van der Waals surface area contributed by atoms with Gasteiger partial charge in [0.25, 0.3) is 0 Å². The molecule has 0 unspecified atom stereocenters. The number of likely N-dealkylation sites (N-methyl/N-ethyl adjacent to an activating group) is 1. The Morgan fingerprint density at radius 1 is 1.44 bits per heavy atom. The largest absolute Gasteiger partial charge is 0.382 e. The van der Waals surface area contributed by atoms with E-state index >= 15 is 0 Å². The van der Waals surface area contributed by atoms with E-state index in [9.17, 15) is 4.79 Å². The van der Waals surface area contributed by atoms with Crippen LogP contribution in [0.1, 0.15) is 11.8 Å². The minimum atomic E-state index is -0.0156. The maximum Gasteiger partial charge on any atom is 0.248 e. The molecule has 0 saturated heterocycles. The first-order chi connectivity index (χ1) is 8.67. The molecule has 1 aromatic rings. The number of hydrogen-bond donors (Lipinski definition) is 0. The Kier molecular flexibility index (Phi) is 7.27.